The highest BCUT2D eigenvalue weighted by atomic mass is 16.3. The summed E-state index contributed by atoms with van der Waals surface area (Å²) in [6.07, 6.45) is 1.08. The molecular formula is C27H28N2O2. The number of amides is 1. The Balaban J connectivity index is 1.56. The molecule has 4 nitrogen and oxygen atoms in total. The van der Waals surface area contributed by atoms with Crippen LogP contribution in [-0.2, 0) is 0 Å². The number of nitrogens with zero attached hydrogens (tertiary/aromatic N) is 1. The smallest absolute Gasteiger partial charge is 0.255 e. The van der Waals surface area contributed by atoms with Crippen LogP contribution in [0.15, 0.2) is 71.1 Å². The van der Waals surface area contributed by atoms with E-state index >= 15 is 0 Å². The van der Waals surface area contributed by atoms with Crippen LogP contribution in [0.5, 0.6) is 0 Å². The summed E-state index contributed by atoms with van der Waals surface area (Å²) in [7, 11) is 0. The minimum absolute atomic E-state index is 0.136. The van der Waals surface area contributed by atoms with Crippen molar-refractivity contribution in [2.45, 2.75) is 46.0 Å². The number of carbonyl (C=O) groups is 1. The fraction of sp³-hybridized carbons (Fsp3) is 0.259. The number of carbonyl (C=O) groups excluding carboxylic acids is 1. The zero-order valence-corrected chi connectivity index (χ0v) is 18.5. The second-order valence-electron chi connectivity index (χ2n) is 8.37. The molecule has 3 aromatic carbocycles. The normalized spacial score (nSPS) is 12.3. The van der Waals surface area contributed by atoms with Crippen molar-refractivity contribution in [2.75, 3.05) is 5.32 Å². The monoisotopic (exact) mass is 412 g/mol. The van der Waals surface area contributed by atoms with Gasteiger partial charge in [-0.1, -0.05) is 52.0 Å². The van der Waals surface area contributed by atoms with E-state index in [0.717, 1.165) is 23.1 Å². The van der Waals surface area contributed by atoms with Gasteiger partial charge in [-0.2, -0.15) is 0 Å². The summed E-state index contributed by atoms with van der Waals surface area (Å²) >= 11 is 0. The van der Waals surface area contributed by atoms with Crippen molar-refractivity contribution in [2.24, 2.45) is 0 Å². The van der Waals surface area contributed by atoms with Crippen LogP contribution < -0.4 is 5.32 Å². The van der Waals surface area contributed by atoms with Crippen LogP contribution >= 0.6 is 0 Å². The third-order valence-corrected chi connectivity index (χ3v) is 5.80. The van der Waals surface area contributed by atoms with E-state index in [0.29, 0.717) is 29.0 Å². The maximum atomic E-state index is 12.7. The molecule has 0 radical (unpaired) electrons. The zero-order valence-electron chi connectivity index (χ0n) is 18.5. The summed E-state index contributed by atoms with van der Waals surface area (Å²) in [4.78, 5) is 17.3. The van der Waals surface area contributed by atoms with Gasteiger partial charge in [0.1, 0.15) is 5.52 Å². The molecule has 0 saturated heterocycles. The van der Waals surface area contributed by atoms with E-state index in [2.05, 4.69) is 50.1 Å². The topological polar surface area (TPSA) is 55.1 Å². The summed E-state index contributed by atoms with van der Waals surface area (Å²) in [5.41, 5.74) is 6.26. The van der Waals surface area contributed by atoms with Gasteiger partial charge < -0.3 is 9.73 Å². The predicted molar refractivity (Wildman–Crippen MR) is 127 cm³/mol. The first-order valence-corrected chi connectivity index (χ1v) is 10.9. The maximum Gasteiger partial charge on any atom is 0.255 e. The molecule has 0 aliphatic heterocycles. The van der Waals surface area contributed by atoms with E-state index in [1.54, 1.807) is 0 Å². The van der Waals surface area contributed by atoms with Crippen LogP contribution in [0.3, 0.4) is 0 Å². The molecule has 31 heavy (non-hydrogen) atoms. The third-order valence-electron chi connectivity index (χ3n) is 5.80. The molecule has 4 rings (SSSR count). The number of oxazole rings is 1. The lowest BCUT2D eigenvalue weighted by molar-refractivity contribution is 0.102. The number of anilines is 1. The van der Waals surface area contributed by atoms with Crippen LogP contribution in [0.4, 0.5) is 5.69 Å². The Bertz CT molecular complexity index is 1210. The molecule has 4 heteroatoms. The van der Waals surface area contributed by atoms with E-state index in [1.165, 1.54) is 11.1 Å². The molecular weight excluding hydrogens is 384 g/mol. The minimum atomic E-state index is -0.136. The molecule has 0 fully saturated rings. The fourth-order valence-electron chi connectivity index (χ4n) is 3.56. The highest BCUT2D eigenvalue weighted by Crippen LogP contribution is 2.29. The van der Waals surface area contributed by atoms with Gasteiger partial charge >= 0.3 is 0 Å². The number of benzene rings is 3. The van der Waals surface area contributed by atoms with Crippen LogP contribution in [0.25, 0.3) is 22.6 Å². The molecule has 1 N–H and O–H groups in total. The minimum Gasteiger partial charge on any atom is -0.436 e. The lowest BCUT2D eigenvalue weighted by Gasteiger charge is -2.08. The van der Waals surface area contributed by atoms with Crippen molar-refractivity contribution in [3.63, 3.8) is 0 Å². The van der Waals surface area contributed by atoms with Crippen LogP contribution in [0, 0.1) is 0 Å². The van der Waals surface area contributed by atoms with E-state index in [4.69, 9.17) is 4.42 Å². The van der Waals surface area contributed by atoms with Crippen LogP contribution in [0.1, 0.15) is 67.4 Å². The second-order valence-corrected chi connectivity index (χ2v) is 8.37. The van der Waals surface area contributed by atoms with E-state index in [1.807, 2.05) is 54.6 Å². The van der Waals surface area contributed by atoms with Gasteiger partial charge in [0.15, 0.2) is 5.58 Å². The number of hydrogen-bond acceptors (Lipinski definition) is 3. The fourth-order valence-corrected chi connectivity index (χ4v) is 3.56. The predicted octanol–water partition coefficient (Wildman–Crippen LogP) is 7.38. The van der Waals surface area contributed by atoms with Gasteiger partial charge in [0, 0.05) is 16.8 Å². The van der Waals surface area contributed by atoms with E-state index in [9.17, 15) is 4.79 Å². The molecule has 1 aromatic heterocycles. The Morgan fingerprint density at radius 3 is 2.42 bits per heavy atom. The molecule has 0 bridgehead atoms. The van der Waals surface area contributed by atoms with E-state index in [-0.39, 0.29) is 5.91 Å². The Hall–Kier alpha value is -3.40. The number of aromatic nitrogens is 1. The number of rotatable bonds is 6. The third kappa shape index (κ3) is 4.53. The molecule has 1 amide bonds. The van der Waals surface area contributed by atoms with Gasteiger partial charge in [-0.25, -0.2) is 4.98 Å². The van der Waals surface area contributed by atoms with Crippen molar-refractivity contribution < 1.29 is 9.21 Å². The van der Waals surface area contributed by atoms with Gasteiger partial charge in [0.2, 0.25) is 5.89 Å². The number of fused-ring (bicyclic) bond motifs is 1. The van der Waals surface area contributed by atoms with E-state index < -0.39 is 0 Å². The standard InChI is InChI=1S/C27H28N2O2/c1-5-18(4)21-13-14-25-24(16-21)29-27(31-25)22-7-6-8-23(15-22)28-26(30)20-11-9-19(10-12-20)17(2)3/h6-18H,5H2,1-4H3,(H,28,30). The Kier molecular flexibility index (Phi) is 5.90. The number of nitrogens with one attached hydrogen (secondary N) is 1. The molecule has 4 aromatic rings. The van der Waals surface area contributed by atoms with Gasteiger partial charge in [-0.3, -0.25) is 4.79 Å². The number of hydrogen-bond donors (Lipinski definition) is 1. The second kappa shape index (κ2) is 8.76. The first-order chi connectivity index (χ1) is 14.9. The maximum absolute atomic E-state index is 12.7. The van der Waals surface area contributed by atoms with Gasteiger partial charge in [-0.05, 0) is 71.8 Å². The molecule has 158 valence electrons. The van der Waals surface area contributed by atoms with Gasteiger partial charge in [0.05, 0.1) is 0 Å². The average Bonchev–Trinajstić information content (AvgIpc) is 3.22. The summed E-state index contributed by atoms with van der Waals surface area (Å²) in [6.45, 7) is 8.67. The zero-order chi connectivity index (χ0) is 22.0. The molecule has 0 saturated carbocycles. The first kappa shape index (κ1) is 20.9. The average molecular weight is 413 g/mol. The molecule has 0 aliphatic rings. The first-order valence-electron chi connectivity index (χ1n) is 10.9. The lowest BCUT2D eigenvalue weighted by Crippen LogP contribution is -2.11. The molecule has 0 aliphatic carbocycles. The highest BCUT2D eigenvalue weighted by molar-refractivity contribution is 6.04. The van der Waals surface area contributed by atoms with Gasteiger partial charge in [0.25, 0.3) is 5.91 Å². The van der Waals surface area contributed by atoms with Crippen molar-refractivity contribution in [1.29, 1.82) is 0 Å². The summed E-state index contributed by atoms with van der Waals surface area (Å²) < 4.78 is 5.98. The summed E-state index contributed by atoms with van der Waals surface area (Å²) in [6, 6.07) is 21.5. The molecule has 0 spiro atoms. The van der Waals surface area contributed by atoms with Crippen LogP contribution in [0.2, 0.25) is 0 Å². The van der Waals surface area contributed by atoms with Gasteiger partial charge in [-0.15, -0.1) is 0 Å². The van der Waals surface area contributed by atoms with Crippen LogP contribution in [-0.4, -0.2) is 10.9 Å². The lowest BCUT2D eigenvalue weighted by atomic mass is 9.98. The molecule has 1 heterocycles. The highest BCUT2D eigenvalue weighted by Gasteiger charge is 2.13. The summed E-state index contributed by atoms with van der Waals surface area (Å²) in [5.74, 6) is 1.33. The van der Waals surface area contributed by atoms with Crippen molar-refractivity contribution in [3.05, 3.63) is 83.4 Å². The molecule has 1 unspecified atom stereocenters. The largest absolute Gasteiger partial charge is 0.436 e. The Labute approximate surface area is 183 Å². The van der Waals surface area contributed by atoms with Crippen molar-refractivity contribution in [1.82, 2.24) is 4.98 Å². The molecule has 1 atom stereocenters. The quantitative estimate of drug-likeness (QED) is 0.359. The summed E-state index contributed by atoms with van der Waals surface area (Å²) in [5, 5.41) is 2.97. The Morgan fingerprint density at radius 1 is 0.968 bits per heavy atom. The SMILES string of the molecule is CCC(C)c1ccc2oc(-c3cccc(NC(=O)c4ccc(C(C)C)cc4)c3)nc2c1. The van der Waals surface area contributed by atoms with Crippen molar-refractivity contribution in [3.8, 4) is 11.5 Å². The van der Waals surface area contributed by atoms with Crippen molar-refractivity contribution >= 4 is 22.7 Å². The Morgan fingerprint density at radius 2 is 1.71 bits per heavy atom.